The molecule has 9 heteroatoms. The first-order valence-electron chi connectivity index (χ1n) is 8.48. The van der Waals surface area contributed by atoms with Gasteiger partial charge in [0.05, 0.1) is 0 Å². The lowest BCUT2D eigenvalue weighted by atomic mass is 10.1. The third kappa shape index (κ3) is 4.64. The van der Waals surface area contributed by atoms with E-state index in [9.17, 15) is 13.2 Å². The van der Waals surface area contributed by atoms with E-state index in [1.807, 2.05) is 38.1 Å². The Bertz CT molecular complexity index is 1020. The summed E-state index contributed by atoms with van der Waals surface area (Å²) >= 11 is 1.18. The van der Waals surface area contributed by atoms with Crippen molar-refractivity contribution in [1.29, 1.82) is 0 Å². The van der Waals surface area contributed by atoms with Crippen LogP contribution in [0.4, 0.5) is 13.2 Å². The number of halogens is 3. The number of hydrogen-bond acceptors (Lipinski definition) is 6. The standard InChI is InChI=1S/C19H18F3N3O2S/c1-4-12-8-13(18(28-3)25-26-10-19(20,21)22)9-23-16(12)17-24-14-7-11(2)5-6-15(14)27-17/h5-9H,4,10H2,1-3H3/b25-18-. The van der Waals surface area contributed by atoms with Gasteiger partial charge in [0.25, 0.3) is 0 Å². The van der Waals surface area contributed by atoms with E-state index in [0.717, 1.165) is 16.6 Å². The number of alkyl halides is 3. The van der Waals surface area contributed by atoms with Crippen LogP contribution >= 0.6 is 11.8 Å². The highest BCUT2D eigenvalue weighted by atomic mass is 32.2. The summed E-state index contributed by atoms with van der Waals surface area (Å²) in [5, 5.41) is 3.91. The minimum absolute atomic E-state index is 0.311. The number of oxime groups is 1. The third-order valence-corrected chi connectivity index (χ3v) is 4.61. The fourth-order valence-corrected chi connectivity index (χ4v) is 3.07. The second kappa shape index (κ2) is 8.22. The van der Waals surface area contributed by atoms with Gasteiger partial charge in [-0.3, -0.25) is 4.98 Å². The highest BCUT2D eigenvalue weighted by Gasteiger charge is 2.28. The highest BCUT2D eigenvalue weighted by molar-refractivity contribution is 8.13. The summed E-state index contributed by atoms with van der Waals surface area (Å²) in [4.78, 5) is 13.4. The largest absolute Gasteiger partial charge is 0.435 e. The van der Waals surface area contributed by atoms with Crippen molar-refractivity contribution in [2.75, 3.05) is 12.9 Å². The second-order valence-corrected chi connectivity index (χ2v) is 6.86. The van der Waals surface area contributed by atoms with Crippen LogP contribution in [0.1, 0.15) is 23.6 Å². The van der Waals surface area contributed by atoms with E-state index in [1.165, 1.54) is 18.0 Å². The van der Waals surface area contributed by atoms with Crippen molar-refractivity contribution in [2.24, 2.45) is 5.16 Å². The average molecular weight is 409 g/mol. The number of aryl methyl sites for hydroxylation is 2. The van der Waals surface area contributed by atoms with Gasteiger partial charge >= 0.3 is 6.18 Å². The molecule has 3 aromatic rings. The van der Waals surface area contributed by atoms with E-state index in [2.05, 4.69) is 20.0 Å². The SMILES string of the molecule is CCc1cc(/C(=N/OCC(F)(F)F)SC)cnc1-c1nc2cc(C)ccc2o1. The van der Waals surface area contributed by atoms with Crippen LogP contribution in [-0.4, -0.2) is 34.1 Å². The number of aromatic nitrogens is 2. The van der Waals surface area contributed by atoms with Crippen LogP contribution in [0, 0.1) is 6.92 Å². The minimum atomic E-state index is -4.44. The van der Waals surface area contributed by atoms with Crippen molar-refractivity contribution in [3.05, 3.63) is 47.2 Å². The molecule has 28 heavy (non-hydrogen) atoms. The normalized spacial score (nSPS) is 12.6. The number of rotatable bonds is 5. The number of oxazole rings is 1. The molecule has 1 aromatic carbocycles. The van der Waals surface area contributed by atoms with Gasteiger partial charge < -0.3 is 9.25 Å². The van der Waals surface area contributed by atoms with Gasteiger partial charge in [0.2, 0.25) is 12.5 Å². The Balaban J connectivity index is 1.93. The lowest BCUT2D eigenvalue weighted by molar-refractivity contribution is -0.173. The fraction of sp³-hybridized carbons (Fsp3) is 0.316. The maximum atomic E-state index is 12.3. The molecular weight excluding hydrogens is 391 g/mol. The first-order valence-corrected chi connectivity index (χ1v) is 9.70. The van der Waals surface area contributed by atoms with Gasteiger partial charge in [-0.2, -0.15) is 13.2 Å². The number of hydrogen-bond donors (Lipinski definition) is 0. The topological polar surface area (TPSA) is 60.5 Å². The van der Waals surface area contributed by atoms with Crippen LogP contribution in [0.2, 0.25) is 0 Å². The van der Waals surface area contributed by atoms with Crippen molar-refractivity contribution >= 4 is 27.9 Å². The Morgan fingerprint density at radius 3 is 2.75 bits per heavy atom. The Labute approximate surface area is 164 Å². The summed E-state index contributed by atoms with van der Waals surface area (Å²) < 4.78 is 42.6. The summed E-state index contributed by atoms with van der Waals surface area (Å²) in [6.45, 7) is 2.49. The lowest BCUT2D eigenvalue weighted by Crippen LogP contribution is -2.15. The molecule has 0 saturated carbocycles. The zero-order valence-corrected chi connectivity index (χ0v) is 16.3. The van der Waals surface area contributed by atoms with Crippen LogP contribution in [0.15, 0.2) is 40.0 Å². The van der Waals surface area contributed by atoms with Crippen molar-refractivity contribution < 1.29 is 22.4 Å². The Hall–Kier alpha value is -2.55. The molecular formula is C19H18F3N3O2S. The number of benzene rings is 1. The average Bonchev–Trinajstić information content (AvgIpc) is 3.06. The van der Waals surface area contributed by atoms with Crippen LogP contribution < -0.4 is 0 Å². The van der Waals surface area contributed by atoms with E-state index in [4.69, 9.17) is 4.42 Å². The van der Waals surface area contributed by atoms with Gasteiger partial charge in [-0.15, -0.1) is 11.8 Å². The van der Waals surface area contributed by atoms with Crippen molar-refractivity contribution in [2.45, 2.75) is 26.4 Å². The maximum absolute atomic E-state index is 12.3. The molecule has 3 rings (SSSR count). The second-order valence-electron chi connectivity index (χ2n) is 6.06. The minimum Gasteiger partial charge on any atom is -0.435 e. The number of nitrogens with zero attached hydrogens (tertiary/aromatic N) is 3. The monoisotopic (exact) mass is 409 g/mol. The molecule has 0 amide bonds. The van der Waals surface area contributed by atoms with E-state index < -0.39 is 12.8 Å². The highest BCUT2D eigenvalue weighted by Crippen LogP contribution is 2.27. The molecule has 0 saturated heterocycles. The Kier molecular flexibility index (Phi) is 5.93. The summed E-state index contributed by atoms with van der Waals surface area (Å²) in [7, 11) is 0. The number of thioether (sulfide) groups is 1. The van der Waals surface area contributed by atoms with Crippen LogP contribution in [-0.2, 0) is 11.3 Å². The number of pyridine rings is 1. The van der Waals surface area contributed by atoms with E-state index >= 15 is 0 Å². The molecule has 0 spiro atoms. The zero-order valence-electron chi connectivity index (χ0n) is 15.5. The molecule has 5 nitrogen and oxygen atoms in total. The predicted octanol–water partition coefficient (Wildman–Crippen LogP) is 5.36. The van der Waals surface area contributed by atoms with Gasteiger partial charge in [0.1, 0.15) is 16.3 Å². The fourth-order valence-electron chi connectivity index (χ4n) is 2.60. The quantitative estimate of drug-likeness (QED) is 0.322. The zero-order chi connectivity index (χ0) is 20.3. The molecule has 0 radical (unpaired) electrons. The molecule has 2 aromatic heterocycles. The first-order chi connectivity index (χ1) is 13.3. The summed E-state index contributed by atoms with van der Waals surface area (Å²) in [6, 6.07) is 7.54. The Morgan fingerprint density at radius 1 is 1.29 bits per heavy atom. The molecule has 0 atom stereocenters. The van der Waals surface area contributed by atoms with Gasteiger partial charge in [-0.25, -0.2) is 4.98 Å². The molecule has 0 N–H and O–H groups in total. The van der Waals surface area contributed by atoms with Crippen molar-refractivity contribution in [3.8, 4) is 11.6 Å². The smallest absolute Gasteiger partial charge is 0.425 e. The van der Waals surface area contributed by atoms with E-state index in [1.54, 1.807) is 6.26 Å². The van der Waals surface area contributed by atoms with Crippen LogP contribution in [0.25, 0.3) is 22.7 Å². The van der Waals surface area contributed by atoms with E-state index in [0.29, 0.717) is 34.2 Å². The maximum Gasteiger partial charge on any atom is 0.425 e. The van der Waals surface area contributed by atoms with Gasteiger partial charge in [0, 0.05) is 11.8 Å². The molecule has 148 valence electrons. The lowest BCUT2D eigenvalue weighted by Gasteiger charge is -2.09. The van der Waals surface area contributed by atoms with Crippen LogP contribution in [0.5, 0.6) is 0 Å². The summed E-state index contributed by atoms with van der Waals surface area (Å²) in [5.41, 5.74) is 4.50. The van der Waals surface area contributed by atoms with Crippen LogP contribution in [0.3, 0.4) is 0 Å². The molecule has 0 fully saturated rings. The summed E-state index contributed by atoms with van der Waals surface area (Å²) in [5.74, 6) is 0.403. The predicted molar refractivity (Wildman–Crippen MR) is 103 cm³/mol. The molecule has 0 aliphatic rings. The van der Waals surface area contributed by atoms with Gasteiger partial charge in [0.15, 0.2) is 5.58 Å². The number of fused-ring (bicyclic) bond motifs is 1. The van der Waals surface area contributed by atoms with Gasteiger partial charge in [-0.05, 0) is 48.9 Å². The molecule has 0 unspecified atom stereocenters. The first kappa shape index (κ1) is 20.2. The summed E-state index contributed by atoms with van der Waals surface area (Å²) in [6.07, 6.45) is -0.562. The molecule has 2 heterocycles. The molecule has 0 bridgehead atoms. The third-order valence-electron chi connectivity index (χ3n) is 3.91. The Morgan fingerprint density at radius 2 is 2.07 bits per heavy atom. The van der Waals surface area contributed by atoms with Gasteiger partial charge in [-0.1, -0.05) is 18.1 Å². The van der Waals surface area contributed by atoms with Crippen molar-refractivity contribution in [1.82, 2.24) is 9.97 Å². The molecule has 0 aliphatic carbocycles. The molecule has 0 aliphatic heterocycles. The van der Waals surface area contributed by atoms with Crippen molar-refractivity contribution in [3.63, 3.8) is 0 Å². The van der Waals surface area contributed by atoms with E-state index in [-0.39, 0.29) is 0 Å².